The maximum absolute atomic E-state index is 8.91. The van der Waals surface area contributed by atoms with Gasteiger partial charge in [-0.1, -0.05) is 12.8 Å². The molecule has 5 nitrogen and oxygen atoms in total. The highest BCUT2D eigenvalue weighted by Crippen LogP contribution is 2.26. The van der Waals surface area contributed by atoms with Crippen LogP contribution in [0.1, 0.15) is 12.8 Å². The zero-order chi connectivity index (χ0) is 18.5. The second kappa shape index (κ2) is 8.90. The number of rotatable bonds is 11. The summed E-state index contributed by atoms with van der Waals surface area (Å²) in [7, 11) is -9.04. The van der Waals surface area contributed by atoms with Crippen molar-refractivity contribution in [3.8, 4) is 0 Å². The molecule has 23 heavy (non-hydrogen) atoms. The van der Waals surface area contributed by atoms with E-state index in [1.165, 1.54) is 0 Å². The van der Waals surface area contributed by atoms with Crippen molar-refractivity contribution in [2.24, 2.45) is 0 Å². The molecule has 0 saturated carbocycles. The molecule has 0 rings (SSSR count). The van der Waals surface area contributed by atoms with Crippen molar-refractivity contribution in [1.82, 2.24) is 0 Å². The average Bonchev–Trinajstić information content (AvgIpc) is 2.16. The van der Waals surface area contributed by atoms with Gasteiger partial charge in [-0.25, -0.2) is 0 Å². The molecular weight excluding hydrogens is 359 g/mol. The minimum atomic E-state index is -2.23. The quantitative estimate of drug-likeness (QED) is 0.411. The normalized spacial score (nSPS) is 14.2. The number of hydrogen-bond acceptors (Lipinski definition) is 5. The second-order valence-electron chi connectivity index (χ2n) is 8.70. The van der Waals surface area contributed by atoms with E-state index in [2.05, 4.69) is 58.9 Å². The minimum absolute atomic E-state index is 0.436. The summed E-state index contributed by atoms with van der Waals surface area (Å²) < 4.78 is 19.2. The largest absolute Gasteiger partial charge is 0.451 e. The Kier molecular flexibility index (Phi) is 9.18. The fourth-order valence-corrected chi connectivity index (χ4v) is 21.5. The highest BCUT2D eigenvalue weighted by Gasteiger charge is 2.42. The van der Waals surface area contributed by atoms with Gasteiger partial charge < -0.3 is 22.4 Å². The van der Waals surface area contributed by atoms with Crippen LogP contribution in [0.3, 0.4) is 0 Å². The fourth-order valence-electron chi connectivity index (χ4n) is 2.97. The van der Waals surface area contributed by atoms with E-state index in [0.717, 1.165) is 18.9 Å². The van der Waals surface area contributed by atoms with E-state index in [0.29, 0.717) is 6.32 Å². The molecule has 0 fully saturated rings. The molecule has 0 aliphatic carbocycles. The first-order valence-electron chi connectivity index (χ1n) is 8.50. The Labute approximate surface area is 147 Å². The Morgan fingerprint density at radius 3 is 1.61 bits per heavy atom. The smallest absolute Gasteiger partial charge is 0.437 e. The molecule has 138 valence electrons. The van der Waals surface area contributed by atoms with Gasteiger partial charge >= 0.3 is 24.2 Å². The summed E-state index contributed by atoms with van der Waals surface area (Å²) in [5.74, 6) is 0. The van der Waals surface area contributed by atoms with Gasteiger partial charge in [0.2, 0.25) is 0 Å². The summed E-state index contributed by atoms with van der Waals surface area (Å²) in [6, 6.07) is 1.01. The lowest BCUT2D eigenvalue weighted by atomic mass is 9.84. The zero-order valence-electron chi connectivity index (χ0n) is 16.5. The van der Waals surface area contributed by atoms with Gasteiger partial charge in [0.1, 0.15) is 0 Å². The summed E-state index contributed by atoms with van der Waals surface area (Å²) in [5.41, 5.74) is 0. The van der Waals surface area contributed by atoms with E-state index in [1.807, 2.05) is 0 Å². The highest BCUT2D eigenvalue weighted by molar-refractivity contribution is 6.89. The van der Waals surface area contributed by atoms with Gasteiger partial charge in [-0.2, -0.15) is 0 Å². The third-order valence-corrected chi connectivity index (χ3v) is 17.1. The Balaban J connectivity index is 4.52. The molecule has 0 saturated heterocycles. The summed E-state index contributed by atoms with van der Waals surface area (Å²) in [4.78, 5) is 0. The van der Waals surface area contributed by atoms with E-state index in [9.17, 15) is 0 Å². The van der Waals surface area contributed by atoms with E-state index in [-0.39, 0.29) is 0 Å². The van der Waals surface area contributed by atoms with E-state index >= 15 is 0 Å². The van der Waals surface area contributed by atoms with Crippen molar-refractivity contribution in [2.45, 2.75) is 84.1 Å². The molecule has 0 aliphatic heterocycles. The summed E-state index contributed by atoms with van der Waals surface area (Å²) >= 11 is 0. The van der Waals surface area contributed by atoms with Crippen molar-refractivity contribution in [2.75, 3.05) is 0 Å². The molecular formula is C13H37BO5Si4. The van der Waals surface area contributed by atoms with Crippen LogP contribution in [0.4, 0.5) is 0 Å². The summed E-state index contributed by atoms with van der Waals surface area (Å²) in [6.45, 7) is 19.4. The molecule has 0 spiro atoms. The average molecular weight is 397 g/mol. The Hall–Kier alpha value is 0.732. The first-order chi connectivity index (χ1) is 10.0. The molecule has 0 atom stereocenters. The van der Waals surface area contributed by atoms with Crippen LogP contribution in [0.15, 0.2) is 0 Å². The lowest BCUT2D eigenvalue weighted by Gasteiger charge is -2.40. The predicted octanol–water partition coefficient (Wildman–Crippen LogP) is 3.73. The van der Waals surface area contributed by atoms with Gasteiger partial charge in [0, 0.05) is 0 Å². The Morgan fingerprint density at radius 2 is 1.17 bits per heavy atom. The zero-order valence-corrected chi connectivity index (χ0v) is 20.5. The molecule has 0 unspecified atom stereocenters. The molecule has 0 amide bonds. The maximum atomic E-state index is 8.91. The van der Waals surface area contributed by atoms with Crippen LogP contribution < -0.4 is 0 Å². The van der Waals surface area contributed by atoms with Crippen LogP contribution in [-0.4, -0.2) is 50.9 Å². The number of hydrogen-bond donors (Lipinski definition) is 2. The summed E-state index contributed by atoms with van der Waals surface area (Å²) in [5, 5.41) is 17.8. The lowest BCUT2D eigenvalue weighted by Crippen LogP contribution is -2.55. The van der Waals surface area contributed by atoms with Gasteiger partial charge in [0.25, 0.3) is 0 Å². The fraction of sp³-hybridized carbons (Fsp3) is 1.00. The van der Waals surface area contributed by atoms with E-state index < -0.39 is 40.9 Å². The van der Waals surface area contributed by atoms with E-state index in [1.54, 1.807) is 0 Å². The molecule has 0 radical (unpaired) electrons. The number of unbranched alkanes of at least 4 members (excludes halogenated alkanes) is 1. The summed E-state index contributed by atoms with van der Waals surface area (Å²) in [6.07, 6.45) is 2.22. The Bertz CT molecular complexity index is 359. The molecule has 0 aromatic carbocycles. The SMILES string of the molecule is C[Si](C)(C)O[Si](C)(C)O[Si](C)(C)O[Si](C)(C)CCCCB(O)O. The predicted molar refractivity (Wildman–Crippen MR) is 108 cm³/mol. The molecule has 0 aliphatic rings. The van der Waals surface area contributed by atoms with Crippen molar-refractivity contribution in [3.63, 3.8) is 0 Å². The third-order valence-electron chi connectivity index (χ3n) is 3.06. The van der Waals surface area contributed by atoms with Gasteiger partial charge in [-0.3, -0.25) is 0 Å². The molecule has 0 bridgehead atoms. The topological polar surface area (TPSA) is 68.2 Å². The first-order valence-corrected chi connectivity index (χ1v) is 20.7. The third kappa shape index (κ3) is 13.7. The van der Waals surface area contributed by atoms with Crippen LogP contribution >= 0.6 is 0 Å². The van der Waals surface area contributed by atoms with Crippen LogP contribution in [0.25, 0.3) is 0 Å². The second-order valence-corrected chi connectivity index (χ2v) is 25.0. The molecule has 0 heterocycles. The lowest BCUT2D eigenvalue weighted by molar-refractivity contribution is 0.329. The van der Waals surface area contributed by atoms with Crippen LogP contribution in [-0.2, 0) is 12.3 Å². The van der Waals surface area contributed by atoms with E-state index in [4.69, 9.17) is 22.4 Å². The minimum Gasteiger partial charge on any atom is -0.437 e. The van der Waals surface area contributed by atoms with Gasteiger partial charge in [0.15, 0.2) is 16.6 Å². The molecule has 10 heteroatoms. The van der Waals surface area contributed by atoms with Gasteiger partial charge in [-0.15, -0.1) is 0 Å². The van der Waals surface area contributed by atoms with Crippen molar-refractivity contribution in [3.05, 3.63) is 0 Å². The van der Waals surface area contributed by atoms with Crippen LogP contribution in [0.5, 0.6) is 0 Å². The van der Waals surface area contributed by atoms with Crippen LogP contribution in [0, 0.1) is 0 Å². The standard InChI is InChI=1S/C13H37BO5Si4/c1-20(2,3)17-22(6,7)19-23(8,9)18-21(4,5)13-11-10-12-14(15)16/h15-16H,10-13H2,1-9H3. The molecule has 0 aromatic rings. The molecule has 2 N–H and O–H groups in total. The monoisotopic (exact) mass is 396 g/mol. The Morgan fingerprint density at radius 1 is 0.696 bits per heavy atom. The maximum Gasteiger partial charge on any atom is 0.451 e. The molecule has 0 aromatic heterocycles. The van der Waals surface area contributed by atoms with Crippen molar-refractivity contribution in [1.29, 1.82) is 0 Å². The van der Waals surface area contributed by atoms with Crippen LogP contribution in [0.2, 0.25) is 71.3 Å². The van der Waals surface area contributed by atoms with Gasteiger partial charge in [0.05, 0.1) is 0 Å². The highest BCUT2D eigenvalue weighted by atomic mass is 28.5. The van der Waals surface area contributed by atoms with Crippen molar-refractivity contribution < 1.29 is 22.4 Å². The van der Waals surface area contributed by atoms with Crippen molar-refractivity contribution >= 4 is 40.9 Å². The van der Waals surface area contributed by atoms with Gasteiger partial charge in [-0.05, 0) is 71.3 Å². The first kappa shape index (κ1) is 23.7.